The van der Waals surface area contributed by atoms with E-state index in [0.717, 1.165) is 11.1 Å². The van der Waals surface area contributed by atoms with Crippen LogP contribution in [0.15, 0.2) is 0 Å². The number of hydrogen-bond acceptors (Lipinski definition) is 0. The molecular formula is C7H16Si. The van der Waals surface area contributed by atoms with Gasteiger partial charge < -0.3 is 0 Å². The van der Waals surface area contributed by atoms with Gasteiger partial charge in [0.1, 0.15) is 0 Å². The molecule has 1 saturated heterocycles. The van der Waals surface area contributed by atoms with Crippen LogP contribution in [0.2, 0.25) is 11.1 Å². The zero-order valence-electron chi connectivity index (χ0n) is 5.98. The first kappa shape index (κ1) is 6.34. The lowest BCUT2D eigenvalue weighted by Gasteiger charge is -2.22. The average molecular weight is 128 g/mol. The van der Waals surface area contributed by atoms with E-state index in [1.54, 1.807) is 0 Å². The molecule has 0 amide bonds. The third kappa shape index (κ3) is 1.62. The predicted octanol–water partition coefficient (Wildman–Crippen LogP) is 1.96. The molecule has 0 radical (unpaired) electrons. The van der Waals surface area contributed by atoms with E-state index < -0.39 is 0 Å². The highest BCUT2D eigenvalue weighted by Gasteiger charge is 2.14. The summed E-state index contributed by atoms with van der Waals surface area (Å²) in [6.07, 6.45) is 4.59. The second-order valence-corrected chi connectivity index (χ2v) is 6.64. The molecule has 48 valence electrons. The van der Waals surface area contributed by atoms with Crippen LogP contribution >= 0.6 is 0 Å². The highest BCUT2D eigenvalue weighted by molar-refractivity contribution is 6.39. The molecule has 0 N–H and O–H groups in total. The standard InChI is InChI=1S/C7H16Si/c1-6-4-3-5-7(2)8-6/h6-7H,3-5,8H2,1-2H3. The zero-order valence-corrected chi connectivity index (χ0v) is 7.40. The van der Waals surface area contributed by atoms with E-state index in [1.807, 2.05) is 0 Å². The smallest absolute Gasteiger partial charge is 0.0257 e. The van der Waals surface area contributed by atoms with Crippen LogP contribution in [0.5, 0.6) is 0 Å². The van der Waals surface area contributed by atoms with Crippen molar-refractivity contribution in [2.45, 2.75) is 44.2 Å². The molecule has 0 aromatic rings. The summed E-state index contributed by atoms with van der Waals surface area (Å²) in [4.78, 5) is 0. The maximum Gasteiger partial charge on any atom is 0.0257 e. The highest BCUT2D eigenvalue weighted by Crippen LogP contribution is 2.28. The molecule has 2 unspecified atom stereocenters. The van der Waals surface area contributed by atoms with Crippen molar-refractivity contribution in [3.05, 3.63) is 0 Å². The molecule has 0 aromatic carbocycles. The molecule has 1 heterocycles. The quantitative estimate of drug-likeness (QED) is 0.437. The Kier molecular flexibility index (Phi) is 2.12. The van der Waals surface area contributed by atoms with E-state index in [4.69, 9.17) is 0 Å². The van der Waals surface area contributed by atoms with Crippen LogP contribution in [0.25, 0.3) is 0 Å². The Labute approximate surface area is 54.5 Å². The molecule has 1 fully saturated rings. The van der Waals surface area contributed by atoms with Crippen molar-refractivity contribution in [3.63, 3.8) is 0 Å². The predicted molar refractivity (Wildman–Crippen MR) is 41.2 cm³/mol. The van der Waals surface area contributed by atoms with E-state index in [1.165, 1.54) is 19.3 Å². The molecule has 0 saturated carbocycles. The van der Waals surface area contributed by atoms with E-state index in [0.29, 0.717) is 9.52 Å². The first-order chi connectivity index (χ1) is 3.79. The minimum atomic E-state index is 0.357. The van der Waals surface area contributed by atoms with Gasteiger partial charge in [-0.15, -0.1) is 0 Å². The Balaban J connectivity index is 2.23. The first-order valence-corrected chi connectivity index (χ1v) is 5.42. The number of rotatable bonds is 0. The van der Waals surface area contributed by atoms with Gasteiger partial charge in [-0.25, -0.2) is 0 Å². The molecule has 1 aliphatic rings. The summed E-state index contributed by atoms with van der Waals surface area (Å²) in [5, 5.41) is 0. The molecule has 8 heavy (non-hydrogen) atoms. The van der Waals surface area contributed by atoms with Gasteiger partial charge in [0.25, 0.3) is 0 Å². The second kappa shape index (κ2) is 2.67. The summed E-state index contributed by atoms with van der Waals surface area (Å²) in [6, 6.07) is 0. The van der Waals surface area contributed by atoms with Crippen molar-refractivity contribution in [3.8, 4) is 0 Å². The van der Waals surface area contributed by atoms with Gasteiger partial charge >= 0.3 is 0 Å². The van der Waals surface area contributed by atoms with Gasteiger partial charge in [-0.1, -0.05) is 44.2 Å². The van der Waals surface area contributed by atoms with Crippen molar-refractivity contribution in [2.24, 2.45) is 0 Å². The summed E-state index contributed by atoms with van der Waals surface area (Å²) in [6.45, 7) is 4.86. The largest absolute Gasteiger partial charge is 0.0654 e. The van der Waals surface area contributed by atoms with Gasteiger partial charge in [0.2, 0.25) is 0 Å². The lowest BCUT2D eigenvalue weighted by molar-refractivity contribution is 0.603. The summed E-state index contributed by atoms with van der Waals surface area (Å²) in [5.41, 5.74) is 2.30. The molecular weight excluding hydrogens is 112 g/mol. The van der Waals surface area contributed by atoms with Crippen LogP contribution in [0.1, 0.15) is 33.1 Å². The Hall–Kier alpha value is 0.217. The fraction of sp³-hybridized carbons (Fsp3) is 1.00. The molecule has 1 rings (SSSR count). The molecule has 0 spiro atoms. The van der Waals surface area contributed by atoms with Crippen molar-refractivity contribution < 1.29 is 0 Å². The normalized spacial score (nSPS) is 42.8. The van der Waals surface area contributed by atoms with Crippen molar-refractivity contribution in [2.75, 3.05) is 0 Å². The van der Waals surface area contributed by atoms with E-state index >= 15 is 0 Å². The topological polar surface area (TPSA) is 0 Å². The maximum absolute atomic E-state index is 2.43. The van der Waals surface area contributed by atoms with Crippen molar-refractivity contribution >= 4 is 9.52 Å². The molecule has 0 nitrogen and oxygen atoms in total. The van der Waals surface area contributed by atoms with Gasteiger partial charge in [0.05, 0.1) is 0 Å². The molecule has 1 aliphatic heterocycles. The Bertz CT molecular complexity index is 62.8. The first-order valence-electron chi connectivity index (χ1n) is 3.79. The summed E-state index contributed by atoms with van der Waals surface area (Å²) in [7, 11) is 0.357. The average Bonchev–Trinajstić information content (AvgIpc) is 1.64. The highest BCUT2D eigenvalue weighted by atomic mass is 28.2. The SMILES string of the molecule is CC1CCCC(C)[SiH2]1. The van der Waals surface area contributed by atoms with Gasteiger partial charge in [-0.2, -0.15) is 0 Å². The zero-order chi connectivity index (χ0) is 5.98. The lowest BCUT2D eigenvalue weighted by atomic mass is 10.1. The monoisotopic (exact) mass is 128 g/mol. The van der Waals surface area contributed by atoms with Crippen LogP contribution in [-0.4, -0.2) is 9.52 Å². The minimum Gasteiger partial charge on any atom is -0.0654 e. The van der Waals surface area contributed by atoms with Crippen molar-refractivity contribution in [1.29, 1.82) is 0 Å². The fourth-order valence-corrected chi connectivity index (χ4v) is 4.16. The molecule has 2 atom stereocenters. The molecule has 1 heteroatoms. The van der Waals surface area contributed by atoms with Crippen LogP contribution in [0, 0.1) is 0 Å². The second-order valence-electron chi connectivity index (χ2n) is 3.38. The van der Waals surface area contributed by atoms with Gasteiger partial charge in [-0.3, -0.25) is 0 Å². The van der Waals surface area contributed by atoms with Crippen LogP contribution in [-0.2, 0) is 0 Å². The van der Waals surface area contributed by atoms with Gasteiger partial charge in [-0.05, 0) is 0 Å². The molecule has 0 aromatic heterocycles. The summed E-state index contributed by atoms with van der Waals surface area (Å²) >= 11 is 0. The van der Waals surface area contributed by atoms with E-state index in [9.17, 15) is 0 Å². The lowest BCUT2D eigenvalue weighted by Crippen LogP contribution is -2.11. The third-order valence-electron chi connectivity index (χ3n) is 2.20. The molecule has 0 bridgehead atoms. The Morgan fingerprint density at radius 2 is 1.62 bits per heavy atom. The fourth-order valence-electron chi connectivity index (χ4n) is 1.74. The summed E-state index contributed by atoms with van der Waals surface area (Å²) < 4.78 is 0. The van der Waals surface area contributed by atoms with Crippen LogP contribution < -0.4 is 0 Å². The maximum atomic E-state index is 2.43. The summed E-state index contributed by atoms with van der Waals surface area (Å²) in [5.74, 6) is 0. The van der Waals surface area contributed by atoms with E-state index in [2.05, 4.69) is 13.8 Å². The Morgan fingerprint density at radius 3 is 1.88 bits per heavy atom. The minimum absolute atomic E-state index is 0.357. The van der Waals surface area contributed by atoms with Gasteiger partial charge in [0, 0.05) is 9.52 Å². The molecule has 0 aliphatic carbocycles. The Morgan fingerprint density at radius 1 is 1.12 bits per heavy atom. The van der Waals surface area contributed by atoms with E-state index in [-0.39, 0.29) is 0 Å². The van der Waals surface area contributed by atoms with Crippen LogP contribution in [0.4, 0.5) is 0 Å². The number of hydrogen-bond donors (Lipinski definition) is 0. The third-order valence-corrected chi connectivity index (χ3v) is 4.62. The van der Waals surface area contributed by atoms with Gasteiger partial charge in [0.15, 0.2) is 0 Å². The van der Waals surface area contributed by atoms with Crippen molar-refractivity contribution in [1.82, 2.24) is 0 Å². The van der Waals surface area contributed by atoms with Crippen LogP contribution in [0.3, 0.4) is 0 Å².